The van der Waals surface area contributed by atoms with Crippen LogP contribution in [0.2, 0.25) is 18.1 Å². The fourth-order valence-corrected chi connectivity index (χ4v) is 11.6. The van der Waals surface area contributed by atoms with Crippen molar-refractivity contribution in [2.75, 3.05) is 6.61 Å². The van der Waals surface area contributed by atoms with E-state index in [0.717, 1.165) is 35.8 Å². The fourth-order valence-electron chi connectivity index (χ4n) is 5.60. The van der Waals surface area contributed by atoms with Crippen molar-refractivity contribution in [3.05, 3.63) is 12.4 Å². The number of nitrogens with zero attached hydrogens (tertiary/aromatic N) is 1. The van der Waals surface area contributed by atoms with Crippen molar-refractivity contribution >= 4 is 26.8 Å². The van der Waals surface area contributed by atoms with Gasteiger partial charge in [-0.15, -0.1) is 5.54 Å². The van der Waals surface area contributed by atoms with Crippen molar-refractivity contribution in [2.24, 2.45) is 23.7 Å². The maximum atomic E-state index is 5.87. The Morgan fingerprint density at radius 2 is 1.23 bits per heavy atom. The minimum absolute atomic E-state index is 0. The molecule has 0 aromatic carbocycles. The number of halogens is 2. The number of rotatable bonds is 9. The Labute approximate surface area is 214 Å². The van der Waals surface area contributed by atoms with Gasteiger partial charge in [-0.05, 0) is 50.9 Å². The molecule has 1 aliphatic rings. The van der Waals surface area contributed by atoms with E-state index in [0.29, 0.717) is 0 Å². The van der Waals surface area contributed by atoms with Crippen molar-refractivity contribution in [3.63, 3.8) is 0 Å². The minimum atomic E-state index is -1.67. The monoisotopic (exact) mass is 529 g/mol. The molecule has 5 atom stereocenters. The van der Waals surface area contributed by atoms with E-state index < -0.39 is 25.3 Å². The van der Waals surface area contributed by atoms with E-state index in [-0.39, 0.29) is 18.6 Å². The zero-order chi connectivity index (χ0) is 23.8. The third-order valence-electron chi connectivity index (χ3n) is 7.04. The Bertz CT molecular complexity index is 455. The second kappa shape index (κ2) is 15.4. The summed E-state index contributed by atoms with van der Waals surface area (Å²) in [4.78, 5) is 5.57. The molecule has 1 saturated carbocycles. The van der Waals surface area contributed by atoms with E-state index in [4.69, 9.17) is 28.3 Å². The molecule has 2 nitrogen and oxygen atoms in total. The number of unbranched alkanes of at least 4 members (excludes halogenated alkanes) is 3. The maximum absolute atomic E-state index is 5.87. The van der Waals surface area contributed by atoms with Gasteiger partial charge in [0.15, 0.2) is 0 Å². The van der Waals surface area contributed by atoms with E-state index >= 15 is 0 Å². The molecule has 5 unspecified atom stereocenters. The second-order valence-electron chi connectivity index (χ2n) is 11.8. The third-order valence-corrected chi connectivity index (χ3v) is 12.1. The molecular formula is C25H53Cl2NOSiTi-2. The number of hydrogen-bond donors (Lipinski definition) is 0. The van der Waals surface area contributed by atoms with Crippen LogP contribution in [0.1, 0.15) is 94.9 Å². The van der Waals surface area contributed by atoms with Crippen LogP contribution in [0.25, 0.3) is 4.98 Å². The van der Waals surface area contributed by atoms with Crippen LogP contribution in [-0.4, -0.2) is 26.0 Å². The quantitative estimate of drug-likeness (QED) is 0.165. The van der Waals surface area contributed by atoms with E-state index in [1.54, 1.807) is 0 Å². The van der Waals surface area contributed by atoms with Gasteiger partial charge in [-0.1, -0.05) is 94.1 Å². The summed E-state index contributed by atoms with van der Waals surface area (Å²) in [7, 11) is 8.11. The van der Waals surface area contributed by atoms with Crippen molar-refractivity contribution < 1.29 is 21.8 Å². The Morgan fingerprint density at radius 1 is 0.806 bits per heavy atom. The first-order chi connectivity index (χ1) is 13.6. The predicted octanol–water partition coefficient (Wildman–Crippen LogP) is 9.86. The van der Waals surface area contributed by atoms with Gasteiger partial charge in [0.1, 0.15) is 0 Å². The molecule has 0 aromatic rings. The summed E-state index contributed by atoms with van der Waals surface area (Å²) in [6, 6.07) is 1.36. The molecule has 0 aromatic heterocycles. The molecule has 188 valence electrons. The zero-order valence-electron chi connectivity index (χ0n) is 22.7. The first-order valence-corrected chi connectivity index (χ1v) is 19.0. The molecule has 0 aliphatic heterocycles. The Hall–Kier alpha value is 1.43. The summed E-state index contributed by atoms with van der Waals surface area (Å²) >= 11 is -0.556. The average molecular weight is 531 g/mol. The molecule has 31 heavy (non-hydrogen) atoms. The zero-order valence-corrected chi connectivity index (χ0v) is 26.8. The van der Waals surface area contributed by atoms with E-state index in [1.165, 1.54) is 31.7 Å². The van der Waals surface area contributed by atoms with Gasteiger partial charge in [-0.3, -0.25) is 0 Å². The molecule has 1 fully saturated rings. The van der Waals surface area contributed by atoms with Crippen LogP contribution < -0.4 is 0 Å². The SMILES string of the molecule is CC1C(C)C(C)C([Si](C)(CCCCCCOC(C)(C)C)[N-]C(C)(C)C)C1C.[CH3-].[Cl][Ti][Cl]. The summed E-state index contributed by atoms with van der Waals surface area (Å²) < 4.78 is 5.87. The standard InChI is InChI=1S/C24H50NOSi.CH3.2ClH.Ti/c1-18-19(2)21(4)22(20(18)3)27(11,25-23(5,6)7)17-15-13-12-14-16-26-24(8,9)10;;;;/h18-22H,12-17H2,1-11H3;1H3;2*1H;/q2*-1;;;+2/p-2. The average Bonchev–Trinajstić information content (AvgIpc) is 2.76. The summed E-state index contributed by atoms with van der Waals surface area (Å²) in [5.41, 5.74) is 0.931. The van der Waals surface area contributed by atoms with Crippen LogP contribution in [0.4, 0.5) is 0 Å². The van der Waals surface area contributed by atoms with Crippen LogP contribution in [0, 0.1) is 31.1 Å². The third kappa shape index (κ3) is 13.2. The number of hydrogen-bond acceptors (Lipinski definition) is 1. The van der Waals surface area contributed by atoms with Gasteiger partial charge in [0.05, 0.1) is 5.60 Å². The molecule has 6 heteroatoms. The summed E-state index contributed by atoms with van der Waals surface area (Å²) in [5.74, 6) is 3.30. The predicted molar refractivity (Wildman–Crippen MR) is 142 cm³/mol. The van der Waals surface area contributed by atoms with Crippen molar-refractivity contribution in [3.8, 4) is 0 Å². The van der Waals surface area contributed by atoms with Crippen LogP contribution in [0.15, 0.2) is 0 Å². The second-order valence-corrected chi connectivity index (χ2v) is 18.5. The molecule has 1 aliphatic carbocycles. The topological polar surface area (TPSA) is 23.3 Å². The first-order valence-electron chi connectivity index (χ1n) is 11.9. The van der Waals surface area contributed by atoms with Crippen molar-refractivity contribution in [1.29, 1.82) is 0 Å². The molecule has 0 amide bonds. The molecule has 0 radical (unpaired) electrons. The van der Waals surface area contributed by atoms with Gasteiger partial charge in [0, 0.05) is 6.61 Å². The molecule has 0 spiro atoms. The molecule has 0 N–H and O–H groups in total. The van der Waals surface area contributed by atoms with E-state index in [2.05, 4.69) is 75.8 Å². The molecule has 0 saturated heterocycles. The van der Waals surface area contributed by atoms with Gasteiger partial charge >= 0.3 is 35.6 Å². The van der Waals surface area contributed by atoms with E-state index in [9.17, 15) is 0 Å². The van der Waals surface area contributed by atoms with Crippen molar-refractivity contribution in [2.45, 2.75) is 124 Å². The molecule has 0 heterocycles. The summed E-state index contributed by atoms with van der Waals surface area (Å²) in [6.07, 6.45) is 5.15. The van der Waals surface area contributed by atoms with Crippen molar-refractivity contribution in [1.82, 2.24) is 0 Å². The van der Waals surface area contributed by atoms with Gasteiger partial charge in [-0.25, -0.2) is 0 Å². The summed E-state index contributed by atoms with van der Waals surface area (Å²) in [5, 5.41) is 0. The van der Waals surface area contributed by atoms with Crippen LogP contribution >= 0.6 is 18.6 Å². The van der Waals surface area contributed by atoms with Crippen LogP contribution in [-0.2, 0) is 21.8 Å². The summed E-state index contributed by atoms with van der Waals surface area (Å²) in [6.45, 7) is 26.8. The Balaban J connectivity index is 0. The number of ether oxygens (including phenoxy) is 1. The van der Waals surface area contributed by atoms with E-state index in [1.807, 2.05) is 0 Å². The Kier molecular flexibility index (Phi) is 17.2. The molecule has 0 bridgehead atoms. The normalized spacial score (nSPS) is 28.2. The van der Waals surface area contributed by atoms with Gasteiger partial charge in [-0.2, -0.15) is 0 Å². The van der Waals surface area contributed by atoms with Crippen LogP contribution in [0.5, 0.6) is 0 Å². The van der Waals surface area contributed by atoms with Gasteiger partial charge in [0.2, 0.25) is 0 Å². The molecular weight excluding hydrogens is 477 g/mol. The Morgan fingerprint density at radius 3 is 1.61 bits per heavy atom. The first kappa shape index (κ1) is 34.6. The van der Waals surface area contributed by atoms with Gasteiger partial charge < -0.3 is 17.1 Å². The molecule has 1 rings (SSSR count). The van der Waals surface area contributed by atoms with Gasteiger partial charge in [0.25, 0.3) is 0 Å². The fraction of sp³-hybridized carbons (Fsp3) is 0.960. The van der Waals surface area contributed by atoms with Crippen LogP contribution in [0.3, 0.4) is 0 Å².